The normalized spacial score (nSPS) is 10.7. The molecule has 1 N–H and O–H groups in total. The predicted octanol–water partition coefficient (Wildman–Crippen LogP) is 4.94. The summed E-state index contributed by atoms with van der Waals surface area (Å²) in [4.78, 5) is 16.8. The molecule has 0 bridgehead atoms. The van der Waals surface area contributed by atoms with Gasteiger partial charge in [-0.05, 0) is 54.6 Å². The summed E-state index contributed by atoms with van der Waals surface area (Å²) in [7, 11) is 1.64. The number of methoxy groups -OCH3 is 1. The number of hydrogen-bond acceptors (Lipinski definition) is 3. The summed E-state index contributed by atoms with van der Waals surface area (Å²) in [5, 5.41) is 3.48. The molecular formula is C21H16ClN3O2. The number of fused-ring (bicyclic) bond motifs is 1. The maximum absolute atomic E-state index is 12.4. The van der Waals surface area contributed by atoms with Crippen LogP contribution in [0.25, 0.3) is 16.7 Å². The zero-order chi connectivity index (χ0) is 18.8. The summed E-state index contributed by atoms with van der Waals surface area (Å²) in [6, 6.07) is 20.1. The molecule has 0 saturated carbocycles. The highest BCUT2D eigenvalue weighted by atomic mass is 35.5. The third kappa shape index (κ3) is 3.37. The van der Waals surface area contributed by atoms with Gasteiger partial charge in [-0.15, -0.1) is 0 Å². The number of halogens is 1. The zero-order valence-electron chi connectivity index (χ0n) is 14.5. The molecule has 0 aliphatic carbocycles. The summed E-state index contributed by atoms with van der Waals surface area (Å²) in [5.41, 5.74) is 3.81. The number of hydrogen-bond donors (Lipinski definition) is 1. The molecule has 0 radical (unpaired) electrons. The number of carbonyl (C=O) groups excluding carboxylic acids is 1. The fourth-order valence-corrected chi connectivity index (χ4v) is 3.04. The minimum Gasteiger partial charge on any atom is -0.495 e. The first-order valence-corrected chi connectivity index (χ1v) is 8.71. The van der Waals surface area contributed by atoms with E-state index in [1.165, 1.54) is 0 Å². The Kier molecular flexibility index (Phi) is 4.52. The second-order valence-corrected chi connectivity index (χ2v) is 6.39. The van der Waals surface area contributed by atoms with Gasteiger partial charge in [0.2, 0.25) is 0 Å². The Labute approximate surface area is 161 Å². The molecule has 3 aromatic carbocycles. The Balaban J connectivity index is 1.64. The van der Waals surface area contributed by atoms with Gasteiger partial charge in [0.1, 0.15) is 12.1 Å². The molecule has 0 spiro atoms. The first-order chi connectivity index (χ1) is 13.2. The first kappa shape index (κ1) is 17.1. The van der Waals surface area contributed by atoms with Crippen LogP contribution in [0.2, 0.25) is 5.02 Å². The topological polar surface area (TPSA) is 56.1 Å². The van der Waals surface area contributed by atoms with Crippen molar-refractivity contribution in [2.24, 2.45) is 0 Å². The molecule has 0 fully saturated rings. The van der Waals surface area contributed by atoms with E-state index in [0.717, 1.165) is 22.5 Å². The first-order valence-electron chi connectivity index (χ1n) is 8.33. The van der Waals surface area contributed by atoms with Gasteiger partial charge in [0.05, 0.1) is 23.8 Å². The molecule has 0 unspecified atom stereocenters. The van der Waals surface area contributed by atoms with Crippen LogP contribution in [-0.4, -0.2) is 22.6 Å². The van der Waals surface area contributed by atoms with Gasteiger partial charge < -0.3 is 10.1 Å². The van der Waals surface area contributed by atoms with Crippen molar-refractivity contribution in [2.75, 3.05) is 12.4 Å². The largest absolute Gasteiger partial charge is 0.495 e. The highest BCUT2D eigenvalue weighted by Crippen LogP contribution is 2.27. The third-order valence-electron chi connectivity index (χ3n) is 4.26. The van der Waals surface area contributed by atoms with Gasteiger partial charge in [0.15, 0.2) is 0 Å². The standard InChI is InChI=1S/C21H16ClN3O2/c1-27-20-5-3-2-4-19(20)25-13-23-17-12-16(10-11-18(17)25)24-21(26)14-6-8-15(22)9-7-14/h2-13H,1H3,(H,24,26). The van der Waals surface area contributed by atoms with Crippen molar-refractivity contribution in [1.82, 2.24) is 9.55 Å². The lowest BCUT2D eigenvalue weighted by atomic mass is 10.2. The van der Waals surface area contributed by atoms with Crippen molar-refractivity contribution in [2.45, 2.75) is 0 Å². The van der Waals surface area contributed by atoms with Gasteiger partial charge in [0.25, 0.3) is 5.91 Å². The Morgan fingerprint density at radius 1 is 1.07 bits per heavy atom. The van der Waals surface area contributed by atoms with Crippen LogP contribution in [0, 0.1) is 0 Å². The lowest BCUT2D eigenvalue weighted by molar-refractivity contribution is 0.102. The van der Waals surface area contributed by atoms with Crippen LogP contribution >= 0.6 is 11.6 Å². The predicted molar refractivity (Wildman–Crippen MR) is 107 cm³/mol. The second kappa shape index (κ2) is 7.13. The highest BCUT2D eigenvalue weighted by Gasteiger charge is 2.11. The van der Waals surface area contributed by atoms with Crippen molar-refractivity contribution in [3.63, 3.8) is 0 Å². The molecule has 134 valence electrons. The number of nitrogens with zero attached hydrogens (tertiary/aromatic N) is 2. The summed E-state index contributed by atoms with van der Waals surface area (Å²) in [6.45, 7) is 0. The van der Waals surface area contributed by atoms with E-state index in [1.54, 1.807) is 37.7 Å². The lowest BCUT2D eigenvalue weighted by Crippen LogP contribution is -2.11. The number of para-hydroxylation sites is 2. The fraction of sp³-hybridized carbons (Fsp3) is 0.0476. The van der Waals surface area contributed by atoms with E-state index in [1.807, 2.05) is 47.0 Å². The quantitative estimate of drug-likeness (QED) is 0.548. The summed E-state index contributed by atoms with van der Waals surface area (Å²) in [6.07, 6.45) is 1.74. The van der Waals surface area contributed by atoms with Gasteiger partial charge in [-0.2, -0.15) is 0 Å². The number of rotatable bonds is 4. The highest BCUT2D eigenvalue weighted by molar-refractivity contribution is 6.30. The number of ether oxygens (including phenoxy) is 1. The molecule has 6 heteroatoms. The Morgan fingerprint density at radius 3 is 2.63 bits per heavy atom. The molecule has 4 aromatic rings. The Morgan fingerprint density at radius 2 is 1.85 bits per heavy atom. The minimum atomic E-state index is -0.199. The number of nitrogens with one attached hydrogen (secondary N) is 1. The van der Waals surface area contributed by atoms with Crippen molar-refractivity contribution in [3.05, 3.63) is 83.6 Å². The average Bonchev–Trinajstić information content (AvgIpc) is 3.11. The van der Waals surface area contributed by atoms with Gasteiger partial charge >= 0.3 is 0 Å². The van der Waals surface area contributed by atoms with Gasteiger partial charge in [0, 0.05) is 16.3 Å². The minimum absolute atomic E-state index is 0.199. The van der Waals surface area contributed by atoms with E-state index in [-0.39, 0.29) is 5.91 Å². The molecule has 0 saturated heterocycles. The third-order valence-corrected chi connectivity index (χ3v) is 4.51. The number of anilines is 1. The molecule has 0 aliphatic heterocycles. The summed E-state index contributed by atoms with van der Waals surface area (Å²) >= 11 is 5.87. The summed E-state index contributed by atoms with van der Waals surface area (Å²) in [5.74, 6) is 0.562. The molecule has 1 aromatic heterocycles. The molecule has 27 heavy (non-hydrogen) atoms. The van der Waals surface area contributed by atoms with Crippen LogP contribution in [0.1, 0.15) is 10.4 Å². The van der Waals surface area contributed by atoms with Crippen LogP contribution < -0.4 is 10.1 Å². The number of amides is 1. The van der Waals surface area contributed by atoms with Crippen molar-refractivity contribution in [3.8, 4) is 11.4 Å². The van der Waals surface area contributed by atoms with E-state index in [4.69, 9.17) is 16.3 Å². The molecule has 5 nitrogen and oxygen atoms in total. The van der Waals surface area contributed by atoms with Crippen molar-refractivity contribution in [1.29, 1.82) is 0 Å². The van der Waals surface area contributed by atoms with Crippen molar-refractivity contribution >= 4 is 34.2 Å². The monoisotopic (exact) mass is 377 g/mol. The van der Waals surface area contributed by atoms with E-state index in [9.17, 15) is 4.79 Å². The van der Waals surface area contributed by atoms with Crippen LogP contribution in [0.4, 0.5) is 5.69 Å². The Hall–Kier alpha value is -3.31. The lowest BCUT2D eigenvalue weighted by Gasteiger charge is -2.10. The zero-order valence-corrected chi connectivity index (χ0v) is 15.3. The molecule has 0 aliphatic rings. The molecule has 1 heterocycles. The number of benzene rings is 3. The molecule has 0 atom stereocenters. The van der Waals surface area contributed by atoms with E-state index in [2.05, 4.69) is 10.3 Å². The van der Waals surface area contributed by atoms with Crippen LogP contribution in [0.5, 0.6) is 5.75 Å². The van der Waals surface area contributed by atoms with Gasteiger partial charge in [-0.3, -0.25) is 9.36 Å². The Bertz CT molecular complexity index is 1120. The van der Waals surface area contributed by atoms with Crippen LogP contribution in [0.3, 0.4) is 0 Å². The second-order valence-electron chi connectivity index (χ2n) is 5.95. The van der Waals surface area contributed by atoms with Crippen molar-refractivity contribution < 1.29 is 9.53 Å². The van der Waals surface area contributed by atoms with E-state index < -0.39 is 0 Å². The molecule has 1 amide bonds. The SMILES string of the molecule is COc1ccccc1-n1cnc2cc(NC(=O)c3ccc(Cl)cc3)ccc21. The van der Waals surface area contributed by atoms with Gasteiger partial charge in [-0.1, -0.05) is 23.7 Å². The maximum atomic E-state index is 12.4. The number of imidazole rings is 1. The average molecular weight is 378 g/mol. The van der Waals surface area contributed by atoms with Crippen LogP contribution in [-0.2, 0) is 0 Å². The number of carbonyl (C=O) groups is 1. The molecule has 4 rings (SSSR count). The number of aromatic nitrogens is 2. The van der Waals surface area contributed by atoms with Gasteiger partial charge in [-0.25, -0.2) is 4.98 Å². The smallest absolute Gasteiger partial charge is 0.255 e. The maximum Gasteiger partial charge on any atom is 0.255 e. The van der Waals surface area contributed by atoms with Crippen LogP contribution in [0.15, 0.2) is 73.1 Å². The van der Waals surface area contributed by atoms with E-state index >= 15 is 0 Å². The summed E-state index contributed by atoms with van der Waals surface area (Å²) < 4.78 is 7.39. The molecular weight excluding hydrogens is 362 g/mol. The fourth-order valence-electron chi connectivity index (χ4n) is 2.92. The van der Waals surface area contributed by atoms with E-state index in [0.29, 0.717) is 16.3 Å².